The lowest BCUT2D eigenvalue weighted by molar-refractivity contribution is 0.187. The molecule has 0 heterocycles. The molecule has 0 aliphatic carbocycles. The van der Waals surface area contributed by atoms with E-state index in [4.69, 9.17) is 11.6 Å². The summed E-state index contributed by atoms with van der Waals surface area (Å²) < 4.78 is 0. The molecule has 3 nitrogen and oxygen atoms in total. The maximum atomic E-state index is 9.39. The highest BCUT2D eigenvalue weighted by molar-refractivity contribution is 6.33. The van der Waals surface area contributed by atoms with E-state index in [1.807, 2.05) is 26.1 Å². The van der Waals surface area contributed by atoms with Gasteiger partial charge in [-0.15, -0.1) is 0 Å². The van der Waals surface area contributed by atoms with Crippen molar-refractivity contribution in [2.45, 2.75) is 39.3 Å². The first-order valence-electron chi connectivity index (χ1n) is 6.93. The Labute approximate surface area is 121 Å². The third-order valence-electron chi connectivity index (χ3n) is 3.08. The monoisotopic (exact) mass is 284 g/mol. The molecule has 0 spiro atoms. The molecule has 1 unspecified atom stereocenters. The molecule has 0 amide bonds. The molecule has 0 aliphatic rings. The van der Waals surface area contributed by atoms with Crippen LogP contribution in [0, 0.1) is 0 Å². The van der Waals surface area contributed by atoms with Crippen molar-refractivity contribution < 1.29 is 5.11 Å². The molecule has 0 saturated heterocycles. The van der Waals surface area contributed by atoms with E-state index >= 15 is 0 Å². The SMILES string of the molecule is CCCNCc1cccc(Cl)c1N(C)CCC(C)O. The Kier molecular flexibility index (Phi) is 7.21. The van der Waals surface area contributed by atoms with Crippen LogP contribution in [0.2, 0.25) is 5.02 Å². The van der Waals surface area contributed by atoms with Gasteiger partial charge in [0.1, 0.15) is 0 Å². The molecule has 2 N–H and O–H groups in total. The zero-order valence-electron chi connectivity index (χ0n) is 12.1. The average Bonchev–Trinajstić information content (AvgIpc) is 2.36. The lowest BCUT2D eigenvalue weighted by Gasteiger charge is -2.24. The zero-order valence-corrected chi connectivity index (χ0v) is 12.9. The second-order valence-electron chi connectivity index (χ2n) is 4.98. The maximum absolute atomic E-state index is 9.39. The van der Waals surface area contributed by atoms with Crippen molar-refractivity contribution in [2.24, 2.45) is 0 Å². The van der Waals surface area contributed by atoms with Gasteiger partial charge in [0, 0.05) is 20.1 Å². The van der Waals surface area contributed by atoms with Crippen LogP contribution in [-0.2, 0) is 6.54 Å². The molecule has 0 aromatic heterocycles. The highest BCUT2D eigenvalue weighted by atomic mass is 35.5. The van der Waals surface area contributed by atoms with Gasteiger partial charge in [0.2, 0.25) is 0 Å². The lowest BCUT2D eigenvalue weighted by atomic mass is 10.1. The summed E-state index contributed by atoms with van der Waals surface area (Å²) in [5, 5.41) is 13.6. The van der Waals surface area contributed by atoms with Crippen molar-refractivity contribution >= 4 is 17.3 Å². The fraction of sp³-hybridized carbons (Fsp3) is 0.600. The van der Waals surface area contributed by atoms with E-state index in [9.17, 15) is 5.11 Å². The van der Waals surface area contributed by atoms with Gasteiger partial charge in [-0.3, -0.25) is 0 Å². The predicted molar refractivity (Wildman–Crippen MR) is 83.0 cm³/mol. The molecular formula is C15H25ClN2O. The highest BCUT2D eigenvalue weighted by Crippen LogP contribution is 2.29. The Morgan fingerprint density at radius 3 is 2.79 bits per heavy atom. The highest BCUT2D eigenvalue weighted by Gasteiger charge is 2.12. The van der Waals surface area contributed by atoms with Gasteiger partial charge < -0.3 is 15.3 Å². The van der Waals surface area contributed by atoms with Gasteiger partial charge in [0.05, 0.1) is 16.8 Å². The number of aliphatic hydroxyl groups excluding tert-OH is 1. The number of benzene rings is 1. The molecular weight excluding hydrogens is 260 g/mol. The van der Waals surface area contributed by atoms with Gasteiger partial charge in [0.25, 0.3) is 0 Å². The summed E-state index contributed by atoms with van der Waals surface area (Å²) in [5.74, 6) is 0. The van der Waals surface area contributed by atoms with Crippen LogP contribution in [0.5, 0.6) is 0 Å². The first kappa shape index (κ1) is 16.3. The largest absolute Gasteiger partial charge is 0.393 e. The van der Waals surface area contributed by atoms with Crippen LogP contribution < -0.4 is 10.2 Å². The summed E-state index contributed by atoms with van der Waals surface area (Å²) in [6.07, 6.45) is 1.57. The van der Waals surface area contributed by atoms with Gasteiger partial charge in [0.15, 0.2) is 0 Å². The molecule has 0 fully saturated rings. The van der Waals surface area contributed by atoms with Gasteiger partial charge in [-0.05, 0) is 37.9 Å². The topological polar surface area (TPSA) is 35.5 Å². The van der Waals surface area contributed by atoms with E-state index in [0.29, 0.717) is 0 Å². The third kappa shape index (κ3) is 5.39. The normalized spacial score (nSPS) is 12.5. The van der Waals surface area contributed by atoms with Crippen LogP contribution in [0.4, 0.5) is 5.69 Å². The minimum atomic E-state index is -0.286. The number of anilines is 1. The Bertz CT molecular complexity index is 382. The molecule has 1 atom stereocenters. The predicted octanol–water partition coefficient (Wildman–Crippen LogP) is 3.05. The molecule has 1 rings (SSSR count). The second-order valence-corrected chi connectivity index (χ2v) is 5.39. The number of nitrogens with one attached hydrogen (secondary N) is 1. The zero-order chi connectivity index (χ0) is 14.3. The smallest absolute Gasteiger partial charge is 0.0642 e. The minimum Gasteiger partial charge on any atom is -0.393 e. The molecule has 0 bridgehead atoms. The standard InChI is InChI=1S/C15H25ClN2O/c1-4-9-17-11-13-6-5-7-14(16)15(13)18(3)10-8-12(2)19/h5-7,12,17,19H,4,8-11H2,1-3H3. The lowest BCUT2D eigenvalue weighted by Crippen LogP contribution is -2.24. The van der Waals surface area contributed by atoms with Crippen molar-refractivity contribution in [3.05, 3.63) is 28.8 Å². The summed E-state index contributed by atoms with van der Waals surface area (Å²) in [5.41, 5.74) is 2.27. The number of aliphatic hydroxyl groups is 1. The summed E-state index contributed by atoms with van der Waals surface area (Å²) in [7, 11) is 2.02. The molecule has 0 radical (unpaired) electrons. The minimum absolute atomic E-state index is 0.286. The van der Waals surface area contributed by atoms with E-state index < -0.39 is 0 Å². The number of hydrogen-bond donors (Lipinski definition) is 2. The van der Waals surface area contributed by atoms with E-state index in [-0.39, 0.29) is 6.10 Å². The molecule has 1 aromatic carbocycles. The summed E-state index contributed by atoms with van der Waals surface area (Å²) in [6, 6.07) is 6.00. The quantitative estimate of drug-likeness (QED) is 0.720. The number of halogens is 1. The van der Waals surface area contributed by atoms with E-state index in [2.05, 4.69) is 23.2 Å². The van der Waals surface area contributed by atoms with Crippen LogP contribution in [0.15, 0.2) is 18.2 Å². The number of hydrogen-bond acceptors (Lipinski definition) is 3. The van der Waals surface area contributed by atoms with Gasteiger partial charge in [-0.2, -0.15) is 0 Å². The van der Waals surface area contributed by atoms with Crippen molar-refractivity contribution in [1.29, 1.82) is 0 Å². The summed E-state index contributed by atoms with van der Waals surface area (Å²) in [4.78, 5) is 2.12. The van der Waals surface area contributed by atoms with E-state index in [0.717, 1.165) is 43.2 Å². The molecule has 0 saturated carbocycles. The molecule has 108 valence electrons. The Balaban J connectivity index is 2.78. The second kappa shape index (κ2) is 8.41. The fourth-order valence-corrected chi connectivity index (χ4v) is 2.36. The van der Waals surface area contributed by atoms with E-state index in [1.165, 1.54) is 5.56 Å². The van der Waals surface area contributed by atoms with Gasteiger partial charge in [-0.1, -0.05) is 30.7 Å². The van der Waals surface area contributed by atoms with E-state index in [1.54, 1.807) is 0 Å². The molecule has 1 aromatic rings. The first-order chi connectivity index (χ1) is 9.06. The summed E-state index contributed by atoms with van der Waals surface area (Å²) >= 11 is 6.32. The fourth-order valence-electron chi connectivity index (χ4n) is 2.02. The van der Waals surface area contributed by atoms with Gasteiger partial charge in [-0.25, -0.2) is 0 Å². The third-order valence-corrected chi connectivity index (χ3v) is 3.38. The number of nitrogens with zero attached hydrogens (tertiary/aromatic N) is 1. The van der Waals surface area contributed by atoms with Crippen LogP contribution >= 0.6 is 11.6 Å². The average molecular weight is 285 g/mol. The number of rotatable bonds is 8. The number of para-hydroxylation sites is 1. The van der Waals surface area contributed by atoms with Crippen molar-refractivity contribution in [3.63, 3.8) is 0 Å². The summed E-state index contributed by atoms with van der Waals surface area (Å²) in [6.45, 7) is 6.58. The molecule has 4 heteroatoms. The van der Waals surface area contributed by atoms with Crippen molar-refractivity contribution in [1.82, 2.24) is 5.32 Å². The van der Waals surface area contributed by atoms with Crippen LogP contribution in [-0.4, -0.2) is 31.3 Å². The van der Waals surface area contributed by atoms with Crippen LogP contribution in [0.3, 0.4) is 0 Å². The van der Waals surface area contributed by atoms with Gasteiger partial charge >= 0.3 is 0 Å². The van der Waals surface area contributed by atoms with Crippen LogP contribution in [0.1, 0.15) is 32.3 Å². The maximum Gasteiger partial charge on any atom is 0.0642 e. The first-order valence-corrected chi connectivity index (χ1v) is 7.31. The van der Waals surface area contributed by atoms with Crippen molar-refractivity contribution in [3.8, 4) is 0 Å². The Morgan fingerprint density at radius 1 is 1.42 bits per heavy atom. The molecule has 0 aliphatic heterocycles. The van der Waals surface area contributed by atoms with Crippen molar-refractivity contribution in [2.75, 3.05) is 25.0 Å². The van der Waals surface area contributed by atoms with Crippen LogP contribution in [0.25, 0.3) is 0 Å². The Morgan fingerprint density at radius 2 is 2.16 bits per heavy atom. The molecule has 19 heavy (non-hydrogen) atoms. The Hall–Kier alpha value is -0.770.